The molecule has 0 unspecified atom stereocenters. The van der Waals surface area contributed by atoms with Crippen LogP contribution in [0, 0.1) is 0 Å². The Hall–Kier alpha value is -1.59. The van der Waals surface area contributed by atoms with E-state index in [-0.39, 0.29) is 35.6 Å². The van der Waals surface area contributed by atoms with Crippen LogP contribution in [0.15, 0.2) is 9.79 Å². The average Bonchev–Trinajstić information content (AvgIpc) is 3.25. The van der Waals surface area contributed by atoms with E-state index in [0.717, 1.165) is 83.0 Å². The molecule has 1 saturated heterocycles. The molecule has 0 bridgehead atoms. The number of fused-ring (bicyclic) bond motifs is 1. The molecular weight excluding hydrogens is 485 g/mol. The zero-order chi connectivity index (χ0) is 19.8. The number of hydrogen-bond acceptors (Lipinski definition) is 4. The van der Waals surface area contributed by atoms with Gasteiger partial charge in [-0.15, -0.1) is 24.0 Å². The standard InChI is InChI=1S/C19H33N7O2.HI/c1-2-20-18(21-10-6-13-24-12-5-9-17(24)27)22-11-7-15-26-19(28)25-14-4-3-8-16(25)23-26;/h2-15H2,1H3,(H2,20,21,22);1H. The highest BCUT2D eigenvalue weighted by molar-refractivity contribution is 14.0. The number of aliphatic imine (C=N–C) groups is 1. The predicted molar refractivity (Wildman–Crippen MR) is 124 cm³/mol. The molecule has 9 nitrogen and oxygen atoms in total. The smallest absolute Gasteiger partial charge is 0.345 e. The molecule has 3 heterocycles. The van der Waals surface area contributed by atoms with Crippen molar-refractivity contribution < 1.29 is 4.79 Å². The number of amides is 1. The number of likely N-dealkylation sites (tertiary alicyclic amines) is 1. The number of nitrogens with zero attached hydrogens (tertiary/aromatic N) is 5. The predicted octanol–water partition coefficient (Wildman–Crippen LogP) is 0.957. The van der Waals surface area contributed by atoms with Gasteiger partial charge in [-0.25, -0.2) is 9.48 Å². The van der Waals surface area contributed by atoms with Crippen molar-refractivity contribution in [3.63, 3.8) is 0 Å². The van der Waals surface area contributed by atoms with Gasteiger partial charge in [0.2, 0.25) is 5.91 Å². The van der Waals surface area contributed by atoms with Crippen LogP contribution in [0.1, 0.15) is 51.3 Å². The monoisotopic (exact) mass is 519 g/mol. The summed E-state index contributed by atoms with van der Waals surface area (Å²) in [5.41, 5.74) is 0.0201. The van der Waals surface area contributed by atoms with Crippen LogP contribution in [-0.2, 0) is 24.3 Å². The SMILES string of the molecule is CCNC(=NCCCN1CCCC1=O)NCCCn1nc2n(c1=O)CCCC2.I. The topological polar surface area (TPSA) is 96.6 Å². The molecule has 0 spiro atoms. The Morgan fingerprint density at radius 3 is 2.66 bits per heavy atom. The number of nitrogens with one attached hydrogen (secondary N) is 2. The molecule has 29 heavy (non-hydrogen) atoms. The first kappa shape index (κ1) is 23.7. The van der Waals surface area contributed by atoms with Crippen LogP contribution in [0.4, 0.5) is 0 Å². The molecule has 0 radical (unpaired) electrons. The van der Waals surface area contributed by atoms with Crippen molar-refractivity contribution in [2.24, 2.45) is 4.99 Å². The van der Waals surface area contributed by atoms with Gasteiger partial charge in [-0.05, 0) is 39.0 Å². The van der Waals surface area contributed by atoms with Crippen LogP contribution < -0.4 is 16.3 Å². The minimum Gasteiger partial charge on any atom is -0.357 e. The maximum Gasteiger partial charge on any atom is 0.345 e. The first-order chi connectivity index (χ1) is 13.7. The third kappa shape index (κ3) is 6.71. The van der Waals surface area contributed by atoms with E-state index in [4.69, 9.17) is 0 Å². The molecule has 164 valence electrons. The zero-order valence-electron chi connectivity index (χ0n) is 17.4. The lowest BCUT2D eigenvalue weighted by Gasteiger charge is -2.15. The molecule has 10 heteroatoms. The van der Waals surface area contributed by atoms with Crippen molar-refractivity contribution >= 4 is 35.8 Å². The Morgan fingerprint density at radius 2 is 1.93 bits per heavy atom. The molecule has 2 aliphatic rings. The van der Waals surface area contributed by atoms with Gasteiger partial charge in [0.05, 0.1) is 0 Å². The van der Waals surface area contributed by atoms with E-state index < -0.39 is 0 Å². The molecule has 0 aliphatic carbocycles. The molecule has 2 aliphatic heterocycles. The van der Waals surface area contributed by atoms with Gasteiger partial charge in [0.15, 0.2) is 5.96 Å². The second kappa shape index (κ2) is 12.2. The van der Waals surface area contributed by atoms with Crippen molar-refractivity contribution in [2.45, 2.75) is 65.0 Å². The molecule has 0 aromatic carbocycles. The number of carbonyl (C=O) groups is 1. The highest BCUT2D eigenvalue weighted by Gasteiger charge is 2.19. The van der Waals surface area contributed by atoms with Gasteiger partial charge in [-0.2, -0.15) is 5.10 Å². The summed E-state index contributed by atoms with van der Waals surface area (Å²) in [5.74, 6) is 1.98. The highest BCUT2D eigenvalue weighted by Crippen LogP contribution is 2.10. The Bertz CT molecular complexity index is 743. The van der Waals surface area contributed by atoms with E-state index in [2.05, 4.69) is 20.7 Å². The normalized spacial score (nSPS) is 16.5. The molecule has 3 rings (SSSR count). The van der Waals surface area contributed by atoms with E-state index in [0.29, 0.717) is 19.5 Å². The third-order valence-corrected chi connectivity index (χ3v) is 5.24. The number of hydrogen-bond donors (Lipinski definition) is 2. The summed E-state index contributed by atoms with van der Waals surface area (Å²) in [6, 6.07) is 0. The van der Waals surface area contributed by atoms with Crippen LogP contribution in [0.5, 0.6) is 0 Å². The quantitative estimate of drug-likeness (QED) is 0.219. The van der Waals surface area contributed by atoms with Crippen LogP contribution in [0.25, 0.3) is 0 Å². The van der Waals surface area contributed by atoms with Gasteiger partial charge in [-0.1, -0.05) is 0 Å². The number of halogens is 1. The molecule has 2 N–H and O–H groups in total. The largest absolute Gasteiger partial charge is 0.357 e. The van der Waals surface area contributed by atoms with Gasteiger partial charge < -0.3 is 15.5 Å². The van der Waals surface area contributed by atoms with E-state index in [1.807, 2.05) is 16.4 Å². The van der Waals surface area contributed by atoms with Crippen molar-refractivity contribution in [1.82, 2.24) is 29.9 Å². The maximum atomic E-state index is 12.3. The number of rotatable bonds is 9. The van der Waals surface area contributed by atoms with E-state index in [9.17, 15) is 9.59 Å². The van der Waals surface area contributed by atoms with Gasteiger partial charge >= 0.3 is 5.69 Å². The summed E-state index contributed by atoms with van der Waals surface area (Å²) >= 11 is 0. The molecule has 1 aromatic heterocycles. The van der Waals surface area contributed by atoms with Crippen LogP contribution in [-0.4, -0.2) is 63.8 Å². The molecule has 0 saturated carbocycles. The third-order valence-electron chi connectivity index (χ3n) is 5.24. The maximum absolute atomic E-state index is 12.3. The Balaban J connectivity index is 0.00000300. The summed E-state index contributed by atoms with van der Waals surface area (Å²) in [5, 5.41) is 11.0. The van der Waals surface area contributed by atoms with Crippen molar-refractivity contribution in [1.29, 1.82) is 0 Å². The summed E-state index contributed by atoms with van der Waals surface area (Å²) in [4.78, 5) is 30.5. The van der Waals surface area contributed by atoms with Gasteiger partial charge in [0.1, 0.15) is 5.82 Å². The minimum absolute atomic E-state index is 0. The molecule has 1 fully saturated rings. The fourth-order valence-electron chi connectivity index (χ4n) is 3.76. The second-order valence-electron chi connectivity index (χ2n) is 7.41. The van der Waals surface area contributed by atoms with E-state index >= 15 is 0 Å². The lowest BCUT2D eigenvalue weighted by molar-refractivity contribution is -0.127. The van der Waals surface area contributed by atoms with Crippen LogP contribution >= 0.6 is 24.0 Å². The summed E-state index contributed by atoms with van der Waals surface area (Å²) in [6.45, 7) is 7.33. The lowest BCUT2D eigenvalue weighted by atomic mass is 10.2. The zero-order valence-corrected chi connectivity index (χ0v) is 19.7. The van der Waals surface area contributed by atoms with Gasteiger partial charge in [0.25, 0.3) is 0 Å². The minimum atomic E-state index is 0. The molecule has 1 amide bonds. The number of carbonyl (C=O) groups excluding carboxylic acids is 1. The first-order valence-electron chi connectivity index (χ1n) is 10.7. The van der Waals surface area contributed by atoms with Crippen LogP contribution in [0.3, 0.4) is 0 Å². The fourth-order valence-corrected chi connectivity index (χ4v) is 3.76. The average molecular weight is 519 g/mol. The van der Waals surface area contributed by atoms with Crippen molar-refractivity contribution in [2.75, 3.05) is 32.7 Å². The number of aromatic nitrogens is 3. The Kier molecular flexibility index (Phi) is 9.95. The highest BCUT2D eigenvalue weighted by atomic mass is 127. The molecule has 0 atom stereocenters. The summed E-state index contributed by atoms with van der Waals surface area (Å²) in [7, 11) is 0. The fraction of sp³-hybridized carbons (Fsp3) is 0.789. The number of guanidine groups is 1. The lowest BCUT2D eigenvalue weighted by Crippen LogP contribution is -2.38. The number of aryl methyl sites for hydroxylation is 2. The molecular formula is C19H34IN7O2. The second-order valence-corrected chi connectivity index (χ2v) is 7.41. The van der Waals surface area contributed by atoms with Gasteiger partial charge in [-0.3, -0.25) is 14.4 Å². The Morgan fingerprint density at radius 1 is 1.07 bits per heavy atom. The van der Waals surface area contributed by atoms with Crippen LogP contribution in [0.2, 0.25) is 0 Å². The summed E-state index contributed by atoms with van der Waals surface area (Å²) in [6.07, 6.45) is 6.44. The Labute approximate surface area is 189 Å². The summed E-state index contributed by atoms with van der Waals surface area (Å²) < 4.78 is 3.41. The van der Waals surface area contributed by atoms with E-state index in [1.54, 1.807) is 4.68 Å². The van der Waals surface area contributed by atoms with Gasteiger partial charge in [0, 0.05) is 58.7 Å². The van der Waals surface area contributed by atoms with E-state index in [1.165, 1.54) is 0 Å². The molecule has 1 aromatic rings. The van der Waals surface area contributed by atoms with Crippen molar-refractivity contribution in [3.8, 4) is 0 Å². The first-order valence-corrected chi connectivity index (χ1v) is 10.7. The van der Waals surface area contributed by atoms with Crippen molar-refractivity contribution in [3.05, 3.63) is 16.3 Å².